The molecule has 0 radical (unpaired) electrons. The Morgan fingerprint density at radius 1 is 1.00 bits per heavy atom. The number of methoxy groups -OCH3 is 1. The molecule has 2 heterocycles. The molecule has 39 heavy (non-hydrogen) atoms. The highest BCUT2D eigenvalue weighted by Gasteiger charge is 2.50. The van der Waals surface area contributed by atoms with Crippen LogP contribution in [0.25, 0.3) is 0 Å². The van der Waals surface area contributed by atoms with Crippen molar-refractivity contribution in [3.8, 4) is 5.75 Å². The summed E-state index contributed by atoms with van der Waals surface area (Å²) in [6.07, 6.45) is -4.48. The molecule has 214 valence electrons. The van der Waals surface area contributed by atoms with E-state index in [1.807, 2.05) is 12.1 Å². The fraction of sp³-hybridized carbons (Fsp3) is 0.577. The van der Waals surface area contributed by atoms with E-state index in [9.17, 15) is 14.4 Å². The van der Waals surface area contributed by atoms with Gasteiger partial charge in [-0.15, -0.1) is 5.10 Å². The lowest BCUT2D eigenvalue weighted by Crippen LogP contribution is -2.45. The van der Waals surface area contributed by atoms with Gasteiger partial charge in [0, 0.05) is 6.92 Å². The van der Waals surface area contributed by atoms with E-state index in [1.165, 1.54) is 4.90 Å². The van der Waals surface area contributed by atoms with Crippen LogP contribution < -0.4 is 10.1 Å². The third-order valence-corrected chi connectivity index (χ3v) is 5.37. The van der Waals surface area contributed by atoms with E-state index in [1.54, 1.807) is 67.7 Å². The minimum Gasteiger partial charge on any atom is -0.497 e. The summed E-state index contributed by atoms with van der Waals surface area (Å²) in [5.74, 6) is 0.896. The Labute approximate surface area is 227 Å². The van der Waals surface area contributed by atoms with E-state index < -0.39 is 47.8 Å². The van der Waals surface area contributed by atoms with Crippen LogP contribution in [0.15, 0.2) is 28.7 Å². The van der Waals surface area contributed by atoms with Gasteiger partial charge in [-0.05, 0) is 65.7 Å². The highest BCUT2D eigenvalue weighted by molar-refractivity contribution is 5.82. The number of aryl methyl sites for hydroxylation is 1. The smallest absolute Gasteiger partial charge is 0.497 e. The van der Waals surface area contributed by atoms with Gasteiger partial charge in [0.15, 0.2) is 12.2 Å². The van der Waals surface area contributed by atoms with E-state index in [4.69, 9.17) is 28.1 Å². The van der Waals surface area contributed by atoms with Crippen LogP contribution in [0.4, 0.5) is 20.4 Å². The standard InChI is InChI=1S/C26H36N4O9/c1-15-28-29-21(35-15)27-22(31)37-20-18(13-16-9-11-17(34-8)12-10-16)30(23(32)38-25(2,3)4)14-19(20)36-24(33)39-26(5,6)7/h9-12,18-20H,13-14H2,1-8H3,(H,27,29,31)/t18-,19+,20+/m1/s1. The largest absolute Gasteiger partial charge is 0.509 e. The van der Waals surface area contributed by atoms with Crippen LogP contribution in [0.5, 0.6) is 5.75 Å². The van der Waals surface area contributed by atoms with E-state index in [0.717, 1.165) is 5.56 Å². The minimum absolute atomic E-state index is 0.105. The number of hydrogen-bond donors (Lipinski definition) is 1. The number of carbonyl (C=O) groups is 3. The zero-order chi connectivity index (χ0) is 29.0. The number of ether oxygens (including phenoxy) is 5. The molecule has 2 aromatic rings. The van der Waals surface area contributed by atoms with Crippen molar-refractivity contribution in [2.75, 3.05) is 19.0 Å². The van der Waals surface area contributed by atoms with Gasteiger partial charge in [0.25, 0.3) is 0 Å². The van der Waals surface area contributed by atoms with E-state index >= 15 is 0 Å². The molecular formula is C26H36N4O9. The number of anilines is 1. The Hall–Kier alpha value is -4.03. The molecule has 13 heteroatoms. The molecular weight excluding hydrogens is 512 g/mol. The number of amides is 2. The van der Waals surface area contributed by atoms with Gasteiger partial charge >= 0.3 is 24.4 Å². The van der Waals surface area contributed by atoms with Gasteiger partial charge in [0.2, 0.25) is 5.89 Å². The SMILES string of the molecule is COc1ccc(C[C@@H]2[C@H](OC(=O)Nc3nnc(C)o3)[C@@H](OC(=O)OC(C)(C)C)CN2C(=O)OC(C)(C)C)cc1. The van der Waals surface area contributed by atoms with Crippen molar-refractivity contribution in [3.63, 3.8) is 0 Å². The molecule has 2 amide bonds. The maximum absolute atomic E-state index is 13.3. The fourth-order valence-corrected chi connectivity index (χ4v) is 3.86. The Morgan fingerprint density at radius 2 is 1.64 bits per heavy atom. The molecule has 0 bridgehead atoms. The van der Waals surface area contributed by atoms with Crippen molar-refractivity contribution in [1.82, 2.24) is 15.1 Å². The van der Waals surface area contributed by atoms with Gasteiger partial charge in [0.05, 0.1) is 19.7 Å². The number of nitrogens with zero attached hydrogens (tertiary/aromatic N) is 3. The van der Waals surface area contributed by atoms with Crippen molar-refractivity contribution >= 4 is 24.4 Å². The quantitative estimate of drug-likeness (QED) is 0.401. The number of rotatable bonds is 6. The Balaban J connectivity index is 1.93. The first-order chi connectivity index (χ1) is 18.1. The summed E-state index contributed by atoms with van der Waals surface area (Å²) >= 11 is 0. The average Bonchev–Trinajstić information content (AvgIpc) is 3.35. The second-order valence-corrected chi connectivity index (χ2v) is 11.0. The maximum Gasteiger partial charge on any atom is 0.509 e. The predicted molar refractivity (Wildman–Crippen MR) is 137 cm³/mol. The summed E-state index contributed by atoms with van der Waals surface area (Å²) in [5.41, 5.74) is -0.809. The predicted octanol–water partition coefficient (Wildman–Crippen LogP) is 4.49. The molecule has 1 aromatic carbocycles. The number of likely N-dealkylation sites (tertiary alicyclic amines) is 1. The molecule has 1 saturated heterocycles. The number of benzene rings is 1. The summed E-state index contributed by atoms with van der Waals surface area (Å²) in [7, 11) is 1.56. The Morgan fingerprint density at radius 3 is 2.18 bits per heavy atom. The van der Waals surface area contributed by atoms with Crippen molar-refractivity contribution in [3.05, 3.63) is 35.7 Å². The Kier molecular flexibility index (Phi) is 8.92. The van der Waals surface area contributed by atoms with Crippen LogP contribution in [0.2, 0.25) is 0 Å². The molecule has 1 aromatic heterocycles. The summed E-state index contributed by atoms with van der Waals surface area (Å²) in [6, 6.07) is 6.26. The van der Waals surface area contributed by atoms with Crippen molar-refractivity contribution in [2.45, 2.75) is 84.3 Å². The van der Waals surface area contributed by atoms with Gasteiger partial charge < -0.3 is 28.1 Å². The molecule has 0 aliphatic carbocycles. The van der Waals surface area contributed by atoms with Gasteiger partial charge in [-0.1, -0.05) is 17.2 Å². The molecule has 13 nitrogen and oxygen atoms in total. The summed E-state index contributed by atoms with van der Waals surface area (Å²) in [4.78, 5) is 40.1. The minimum atomic E-state index is -1.10. The second kappa shape index (κ2) is 11.8. The molecule has 0 saturated carbocycles. The van der Waals surface area contributed by atoms with E-state index in [0.29, 0.717) is 5.75 Å². The Bertz CT molecular complexity index is 1150. The van der Waals surface area contributed by atoms with Crippen molar-refractivity contribution < 1.29 is 42.5 Å². The number of hydrogen-bond acceptors (Lipinski definition) is 11. The summed E-state index contributed by atoms with van der Waals surface area (Å²) in [6.45, 7) is 11.7. The summed E-state index contributed by atoms with van der Waals surface area (Å²) < 4.78 is 32.7. The number of nitrogens with one attached hydrogen (secondary N) is 1. The first kappa shape index (κ1) is 29.5. The highest BCUT2D eigenvalue weighted by atomic mass is 16.7. The van der Waals surface area contributed by atoms with Crippen LogP contribution in [-0.2, 0) is 25.4 Å². The molecule has 3 rings (SSSR count). The number of carbonyl (C=O) groups excluding carboxylic acids is 3. The zero-order valence-electron chi connectivity index (χ0n) is 23.5. The first-order valence-corrected chi connectivity index (χ1v) is 12.4. The second-order valence-electron chi connectivity index (χ2n) is 11.0. The first-order valence-electron chi connectivity index (χ1n) is 12.4. The topological polar surface area (TPSA) is 152 Å². The third-order valence-electron chi connectivity index (χ3n) is 5.37. The molecule has 1 aliphatic rings. The molecule has 1 N–H and O–H groups in total. The van der Waals surface area contributed by atoms with Gasteiger partial charge in [-0.25, -0.2) is 19.7 Å². The fourth-order valence-electron chi connectivity index (χ4n) is 3.86. The highest BCUT2D eigenvalue weighted by Crippen LogP contribution is 2.30. The number of aromatic nitrogens is 2. The van der Waals surface area contributed by atoms with Crippen LogP contribution in [0, 0.1) is 6.92 Å². The van der Waals surface area contributed by atoms with Gasteiger partial charge in [0.1, 0.15) is 17.0 Å². The van der Waals surface area contributed by atoms with Gasteiger partial charge in [-0.2, -0.15) is 0 Å². The van der Waals surface area contributed by atoms with Crippen molar-refractivity contribution in [2.24, 2.45) is 0 Å². The lowest BCUT2D eigenvalue weighted by molar-refractivity contribution is -0.0503. The van der Waals surface area contributed by atoms with E-state index in [2.05, 4.69) is 15.5 Å². The lowest BCUT2D eigenvalue weighted by Gasteiger charge is -2.30. The molecule has 3 atom stereocenters. The zero-order valence-corrected chi connectivity index (χ0v) is 23.5. The lowest BCUT2D eigenvalue weighted by atomic mass is 10.0. The molecule has 1 aliphatic heterocycles. The monoisotopic (exact) mass is 548 g/mol. The molecule has 0 unspecified atom stereocenters. The normalized spacial score (nSPS) is 19.3. The maximum atomic E-state index is 13.3. The van der Waals surface area contributed by atoms with Crippen LogP contribution >= 0.6 is 0 Å². The van der Waals surface area contributed by atoms with Crippen LogP contribution in [0.1, 0.15) is 53.0 Å². The van der Waals surface area contributed by atoms with Crippen LogP contribution in [0.3, 0.4) is 0 Å². The molecule has 1 fully saturated rings. The van der Waals surface area contributed by atoms with Gasteiger partial charge in [-0.3, -0.25) is 4.90 Å². The average molecular weight is 549 g/mol. The summed E-state index contributed by atoms with van der Waals surface area (Å²) in [5, 5.41) is 9.74. The van der Waals surface area contributed by atoms with E-state index in [-0.39, 0.29) is 24.9 Å². The van der Waals surface area contributed by atoms with Crippen molar-refractivity contribution in [1.29, 1.82) is 0 Å². The third kappa shape index (κ3) is 8.76. The molecule has 0 spiro atoms. The van der Waals surface area contributed by atoms with Crippen LogP contribution in [-0.4, -0.2) is 76.5 Å².